The van der Waals surface area contributed by atoms with E-state index in [9.17, 15) is 9.18 Å². The maximum atomic E-state index is 13.5. The van der Waals surface area contributed by atoms with E-state index in [4.69, 9.17) is 0 Å². The van der Waals surface area contributed by atoms with Crippen LogP contribution in [0.25, 0.3) is 10.9 Å². The largest absolute Gasteiger partial charge is 0.360 e. The Morgan fingerprint density at radius 1 is 1.32 bits per heavy atom. The number of rotatable bonds is 2. The van der Waals surface area contributed by atoms with Crippen LogP contribution in [0.4, 0.5) is 4.39 Å². The van der Waals surface area contributed by atoms with Crippen LogP contribution in [0, 0.1) is 5.82 Å². The van der Waals surface area contributed by atoms with Crippen LogP contribution in [-0.4, -0.2) is 15.8 Å². The van der Waals surface area contributed by atoms with Gasteiger partial charge in [0.05, 0.1) is 4.47 Å². The molecular formula is C14H8BrFN2O. The Bertz CT molecular complexity index is 782. The zero-order valence-electron chi connectivity index (χ0n) is 9.65. The van der Waals surface area contributed by atoms with Crippen LogP contribution < -0.4 is 0 Å². The van der Waals surface area contributed by atoms with Crippen LogP contribution >= 0.6 is 15.9 Å². The molecule has 3 rings (SSSR count). The number of fused-ring (bicyclic) bond motifs is 1. The van der Waals surface area contributed by atoms with Crippen LogP contribution in [0.5, 0.6) is 0 Å². The molecule has 0 atom stereocenters. The molecule has 0 aliphatic carbocycles. The molecule has 2 heterocycles. The van der Waals surface area contributed by atoms with Crippen LogP contribution in [0.3, 0.4) is 0 Å². The van der Waals surface area contributed by atoms with Crippen LogP contribution in [0.1, 0.15) is 15.9 Å². The lowest BCUT2D eigenvalue weighted by molar-refractivity contribution is 0.104. The van der Waals surface area contributed by atoms with Crippen molar-refractivity contribution in [2.75, 3.05) is 0 Å². The molecule has 0 aliphatic heterocycles. The number of aromatic amines is 1. The molecule has 0 bridgehead atoms. The standard InChI is InChI=1S/C14H8BrFN2O/c15-11-2-1-8(5-12(11)16)14(19)10-7-18-13-3-4-17-6-9(10)13/h1-7,18H. The van der Waals surface area contributed by atoms with Crippen molar-refractivity contribution in [2.24, 2.45) is 0 Å². The molecular weight excluding hydrogens is 311 g/mol. The number of hydrogen-bond acceptors (Lipinski definition) is 2. The van der Waals surface area contributed by atoms with E-state index >= 15 is 0 Å². The topological polar surface area (TPSA) is 45.8 Å². The van der Waals surface area contributed by atoms with Crippen molar-refractivity contribution in [3.8, 4) is 0 Å². The summed E-state index contributed by atoms with van der Waals surface area (Å²) < 4.78 is 13.8. The second-order valence-electron chi connectivity index (χ2n) is 4.08. The van der Waals surface area contributed by atoms with Crippen molar-refractivity contribution in [1.82, 2.24) is 9.97 Å². The van der Waals surface area contributed by atoms with Crippen molar-refractivity contribution in [2.45, 2.75) is 0 Å². The van der Waals surface area contributed by atoms with Crippen molar-refractivity contribution < 1.29 is 9.18 Å². The van der Waals surface area contributed by atoms with E-state index in [0.29, 0.717) is 15.6 Å². The van der Waals surface area contributed by atoms with E-state index in [1.54, 1.807) is 30.7 Å². The SMILES string of the molecule is O=C(c1ccc(Br)c(F)c1)c1c[nH]c2ccncc12. The molecule has 0 radical (unpaired) electrons. The number of hydrogen-bond donors (Lipinski definition) is 1. The zero-order chi connectivity index (χ0) is 13.4. The molecule has 0 amide bonds. The average Bonchev–Trinajstić information content (AvgIpc) is 2.85. The maximum Gasteiger partial charge on any atom is 0.195 e. The van der Waals surface area contributed by atoms with E-state index in [1.807, 2.05) is 0 Å². The minimum atomic E-state index is -0.455. The number of pyridine rings is 1. The Morgan fingerprint density at radius 3 is 2.95 bits per heavy atom. The molecule has 0 aliphatic rings. The molecule has 0 saturated carbocycles. The molecule has 0 fully saturated rings. The molecule has 3 aromatic rings. The Hall–Kier alpha value is -2.01. The van der Waals surface area contributed by atoms with Crippen molar-refractivity contribution >= 4 is 32.6 Å². The lowest BCUT2D eigenvalue weighted by Gasteiger charge is -2.01. The molecule has 1 aromatic carbocycles. The van der Waals surface area contributed by atoms with Crippen LogP contribution in [0.15, 0.2) is 47.3 Å². The van der Waals surface area contributed by atoms with Crippen LogP contribution in [0.2, 0.25) is 0 Å². The van der Waals surface area contributed by atoms with Gasteiger partial charge < -0.3 is 4.98 Å². The molecule has 94 valence electrons. The highest BCUT2D eigenvalue weighted by atomic mass is 79.9. The Labute approximate surface area is 116 Å². The third kappa shape index (κ3) is 2.06. The number of nitrogens with zero attached hydrogens (tertiary/aromatic N) is 1. The van der Waals surface area contributed by atoms with Gasteiger partial charge in [-0.3, -0.25) is 9.78 Å². The van der Waals surface area contributed by atoms with Gasteiger partial charge in [-0.15, -0.1) is 0 Å². The second-order valence-corrected chi connectivity index (χ2v) is 4.94. The number of carbonyl (C=O) groups excluding carboxylic acids is 1. The van der Waals surface area contributed by atoms with Gasteiger partial charge in [0.2, 0.25) is 0 Å². The molecule has 19 heavy (non-hydrogen) atoms. The number of aromatic nitrogens is 2. The van der Waals surface area contributed by atoms with Gasteiger partial charge in [0.1, 0.15) is 5.82 Å². The van der Waals surface area contributed by atoms with E-state index in [1.165, 1.54) is 12.1 Å². The highest BCUT2D eigenvalue weighted by molar-refractivity contribution is 9.10. The van der Waals surface area contributed by atoms with E-state index < -0.39 is 5.82 Å². The van der Waals surface area contributed by atoms with Gasteiger partial charge in [-0.2, -0.15) is 0 Å². The first kappa shape index (κ1) is 12.0. The predicted molar refractivity (Wildman–Crippen MR) is 73.6 cm³/mol. The van der Waals surface area contributed by atoms with Gasteiger partial charge in [-0.05, 0) is 40.2 Å². The normalized spacial score (nSPS) is 10.8. The summed E-state index contributed by atoms with van der Waals surface area (Å²) in [5.41, 5.74) is 1.63. The minimum Gasteiger partial charge on any atom is -0.360 e. The van der Waals surface area contributed by atoms with Gasteiger partial charge in [0.25, 0.3) is 0 Å². The lowest BCUT2D eigenvalue weighted by atomic mass is 10.0. The maximum absolute atomic E-state index is 13.5. The van der Waals surface area contributed by atoms with E-state index in [2.05, 4.69) is 25.9 Å². The Balaban J connectivity index is 2.11. The summed E-state index contributed by atoms with van der Waals surface area (Å²) in [4.78, 5) is 19.4. The third-order valence-electron chi connectivity index (χ3n) is 2.91. The summed E-state index contributed by atoms with van der Waals surface area (Å²) in [6.45, 7) is 0. The van der Waals surface area contributed by atoms with Crippen molar-refractivity contribution in [3.05, 3.63) is 64.3 Å². The number of nitrogens with one attached hydrogen (secondary N) is 1. The fourth-order valence-corrected chi connectivity index (χ4v) is 2.19. The first-order chi connectivity index (χ1) is 9.16. The van der Waals surface area contributed by atoms with Gasteiger partial charge in [0.15, 0.2) is 5.78 Å². The number of ketones is 1. The lowest BCUT2D eigenvalue weighted by Crippen LogP contribution is -2.01. The average molecular weight is 319 g/mol. The van der Waals surface area contributed by atoms with Gasteiger partial charge in [-0.1, -0.05) is 0 Å². The number of halogens is 2. The molecule has 2 aromatic heterocycles. The Kier molecular flexibility index (Phi) is 2.91. The number of benzene rings is 1. The molecule has 0 spiro atoms. The second kappa shape index (κ2) is 4.59. The number of H-pyrrole nitrogens is 1. The van der Waals surface area contributed by atoms with Gasteiger partial charge in [0, 0.05) is 40.6 Å². The first-order valence-electron chi connectivity index (χ1n) is 5.57. The quantitative estimate of drug-likeness (QED) is 0.732. The summed E-state index contributed by atoms with van der Waals surface area (Å²) in [6.07, 6.45) is 4.88. The summed E-state index contributed by atoms with van der Waals surface area (Å²) in [5, 5.41) is 0.732. The summed E-state index contributed by atoms with van der Waals surface area (Å²) in [5.74, 6) is -0.686. The fraction of sp³-hybridized carbons (Fsp3) is 0. The molecule has 0 saturated heterocycles. The molecule has 1 N–H and O–H groups in total. The molecule has 5 heteroatoms. The van der Waals surface area contributed by atoms with E-state index in [0.717, 1.165) is 10.9 Å². The summed E-state index contributed by atoms with van der Waals surface area (Å²) >= 11 is 3.06. The smallest absolute Gasteiger partial charge is 0.195 e. The monoisotopic (exact) mass is 318 g/mol. The highest BCUT2D eigenvalue weighted by Crippen LogP contribution is 2.22. The third-order valence-corrected chi connectivity index (χ3v) is 3.55. The zero-order valence-corrected chi connectivity index (χ0v) is 11.2. The van der Waals surface area contributed by atoms with Crippen molar-refractivity contribution in [3.63, 3.8) is 0 Å². The summed E-state index contributed by atoms with van der Waals surface area (Å²) in [6, 6.07) is 6.12. The van der Waals surface area contributed by atoms with E-state index in [-0.39, 0.29) is 5.78 Å². The van der Waals surface area contributed by atoms with Gasteiger partial charge in [-0.25, -0.2) is 4.39 Å². The predicted octanol–water partition coefficient (Wildman–Crippen LogP) is 3.70. The molecule has 3 nitrogen and oxygen atoms in total. The highest BCUT2D eigenvalue weighted by Gasteiger charge is 2.15. The fourth-order valence-electron chi connectivity index (χ4n) is 1.94. The summed E-state index contributed by atoms with van der Waals surface area (Å²) in [7, 11) is 0. The Morgan fingerprint density at radius 2 is 2.16 bits per heavy atom. The van der Waals surface area contributed by atoms with Crippen LogP contribution in [-0.2, 0) is 0 Å². The number of carbonyl (C=O) groups is 1. The van der Waals surface area contributed by atoms with Gasteiger partial charge >= 0.3 is 0 Å². The van der Waals surface area contributed by atoms with Crippen molar-refractivity contribution in [1.29, 1.82) is 0 Å². The minimum absolute atomic E-state index is 0.231. The first-order valence-corrected chi connectivity index (χ1v) is 6.37. The molecule has 0 unspecified atom stereocenters.